The van der Waals surface area contributed by atoms with Crippen LogP contribution in [-0.2, 0) is 0 Å². The number of anilines is 2. The van der Waals surface area contributed by atoms with Gasteiger partial charge in [-0.25, -0.2) is 4.79 Å². The molecular formula is C26H32N4O4. The number of carbonyl (C=O) groups is 1. The molecule has 180 valence electrons. The first-order chi connectivity index (χ1) is 16.7. The molecule has 0 spiro atoms. The summed E-state index contributed by atoms with van der Waals surface area (Å²) >= 11 is 0. The summed E-state index contributed by atoms with van der Waals surface area (Å²) in [7, 11) is 0. The predicted molar refractivity (Wildman–Crippen MR) is 133 cm³/mol. The molecule has 0 atom stereocenters. The van der Waals surface area contributed by atoms with E-state index in [4.69, 9.17) is 19.6 Å². The third kappa shape index (κ3) is 5.07. The van der Waals surface area contributed by atoms with Gasteiger partial charge in [0.2, 0.25) is 5.88 Å². The largest absolute Gasteiger partial charge is 0.490 e. The average molecular weight is 465 g/mol. The van der Waals surface area contributed by atoms with Gasteiger partial charge in [-0.15, -0.1) is 0 Å². The summed E-state index contributed by atoms with van der Waals surface area (Å²) in [6.45, 7) is 6.94. The lowest BCUT2D eigenvalue weighted by Gasteiger charge is -2.36. The van der Waals surface area contributed by atoms with Crippen LogP contribution in [-0.4, -0.2) is 63.4 Å². The number of fused-ring (bicyclic) bond motifs is 2. The molecule has 2 aliphatic rings. The topological polar surface area (TPSA) is 84.4 Å². The van der Waals surface area contributed by atoms with Crippen molar-refractivity contribution in [1.82, 2.24) is 4.90 Å². The first-order valence-electron chi connectivity index (χ1n) is 12.1. The van der Waals surface area contributed by atoms with Crippen molar-refractivity contribution in [2.24, 2.45) is 5.73 Å². The highest BCUT2D eigenvalue weighted by Crippen LogP contribution is 2.34. The quantitative estimate of drug-likeness (QED) is 0.531. The Kier molecular flexibility index (Phi) is 6.76. The van der Waals surface area contributed by atoms with Gasteiger partial charge in [0.15, 0.2) is 11.5 Å². The Morgan fingerprint density at radius 3 is 2.53 bits per heavy atom. The lowest BCUT2D eigenvalue weighted by Crippen LogP contribution is -2.46. The van der Waals surface area contributed by atoms with Crippen molar-refractivity contribution in [2.75, 3.05) is 62.3 Å². The molecule has 1 fully saturated rings. The van der Waals surface area contributed by atoms with Gasteiger partial charge >= 0.3 is 6.03 Å². The maximum absolute atomic E-state index is 12.0. The van der Waals surface area contributed by atoms with Crippen molar-refractivity contribution in [2.45, 2.75) is 19.3 Å². The normalized spacial score (nSPS) is 16.4. The van der Waals surface area contributed by atoms with Crippen LogP contribution in [0.5, 0.6) is 11.5 Å². The highest BCUT2D eigenvalue weighted by molar-refractivity contribution is 5.92. The molecule has 0 radical (unpaired) electrons. The van der Waals surface area contributed by atoms with Crippen LogP contribution in [0.15, 0.2) is 52.9 Å². The Morgan fingerprint density at radius 2 is 1.74 bits per heavy atom. The molecule has 1 saturated heterocycles. The number of primary amides is 1. The van der Waals surface area contributed by atoms with Gasteiger partial charge in [-0.1, -0.05) is 18.2 Å². The maximum Gasteiger partial charge on any atom is 0.321 e. The molecule has 0 bridgehead atoms. The minimum Gasteiger partial charge on any atom is -0.490 e. The molecular weight excluding hydrogens is 432 g/mol. The number of nitrogens with zero attached hydrogens (tertiary/aromatic N) is 3. The van der Waals surface area contributed by atoms with Crippen molar-refractivity contribution in [3.05, 3.63) is 48.5 Å². The number of unbranched alkanes of at least 4 members (excludes halogenated alkanes) is 1. The van der Waals surface area contributed by atoms with E-state index in [-0.39, 0.29) is 0 Å². The van der Waals surface area contributed by atoms with E-state index in [1.54, 1.807) is 0 Å². The third-order valence-electron chi connectivity index (χ3n) is 6.52. The molecule has 0 aliphatic carbocycles. The molecule has 3 aromatic rings. The molecule has 5 rings (SSSR count). The van der Waals surface area contributed by atoms with Gasteiger partial charge in [0.05, 0.1) is 13.2 Å². The first-order valence-corrected chi connectivity index (χ1v) is 12.1. The fourth-order valence-electron chi connectivity index (χ4n) is 4.61. The lowest BCUT2D eigenvalue weighted by atomic mass is 10.2. The molecule has 8 heteroatoms. The van der Waals surface area contributed by atoms with Crippen LogP contribution in [0.3, 0.4) is 0 Å². The molecule has 2 amide bonds. The number of urea groups is 1. The summed E-state index contributed by atoms with van der Waals surface area (Å²) in [5.74, 6) is 2.20. The van der Waals surface area contributed by atoms with Crippen molar-refractivity contribution in [3.63, 3.8) is 0 Å². The third-order valence-corrected chi connectivity index (χ3v) is 6.52. The molecule has 0 saturated carbocycles. The summed E-state index contributed by atoms with van der Waals surface area (Å²) in [5, 5.41) is 0.968. The monoisotopic (exact) mass is 464 g/mol. The molecule has 1 aromatic heterocycles. The van der Waals surface area contributed by atoms with Crippen molar-refractivity contribution in [1.29, 1.82) is 0 Å². The number of carbonyl (C=O) groups excluding carboxylic acids is 1. The van der Waals surface area contributed by atoms with Gasteiger partial charge in [0, 0.05) is 62.4 Å². The van der Waals surface area contributed by atoms with Crippen LogP contribution in [0, 0.1) is 0 Å². The van der Waals surface area contributed by atoms with E-state index in [1.807, 2.05) is 36.4 Å². The summed E-state index contributed by atoms with van der Waals surface area (Å²) in [4.78, 5) is 18.4. The second-order valence-electron chi connectivity index (χ2n) is 8.83. The Bertz CT molecular complexity index is 1090. The number of furan rings is 1. The van der Waals surface area contributed by atoms with Crippen LogP contribution in [0.2, 0.25) is 0 Å². The number of piperazine rings is 1. The van der Waals surface area contributed by atoms with E-state index in [9.17, 15) is 4.79 Å². The number of para-hydroxylation sites is 1. The fraction of sp³-hybridized carbons (Fsp3) is 0.423. The first kappa shape index (κ1) is 22.4. The van der Waals surface area contributed by atoms with Crippen molar-refractivity contribution >= 4 is 28.6 Å². The smallest absolute Gasteiger partial charge is 0.321 e. The number of rotatable bonds is 7. The van der Waals surface area contributed by atoms with Crippen molar-refractivity contribution in [3.8, 4) is 11.5 Å². The van der Waals surface area contributed by atoms with Crippen LogP contribution in [0.25, 0.3) is 11.0 Å². The number of hydrogen-bond donors (Lipinski definition) is 1. The zero-order valence-corrected chi connectivity index (χ0v) is 19.4. The van der Waals surface area contributed by atoms with Crippen LogP contribution >= 0.6 is 0 Å². The number of benzene rings is 2. The molecule has 34 heavy (non-hydrogen) atoms. The lowest BCUT2D eigenvalue weighted by molar-refractivity contribution is 0.248. The van der Waals surface area contributed by atoms with E-state index >= 15 is 0 Å². The van der Waals surface area contributed by atoms with E-state index in [0.29, 0.717) is 25.6 Å². The molecule has 0 unspecified atom stereocenters. The number of ether oxygens (including phenoxy) is 2. The minimum atomic E-state index is -0.484. The Labute approximate surface area is 199 Å². The molecule has 2 aliphatic heterocycles. The number of amides is 2. The molecule has 2 aromatic carbocycles. The van der Waals surface area contributed by atoms with Crippen LogP contribution in [0.1, 0.15) is 19.3 Å². The SMILES string of the molecule is NC(=O)N(CCCCN1CCN(c2ccc3c(c2)OCCCO3)CC1)c1cc2ccccc2o1. The highest BCUT2D eigenvalue weighted by atomic mass is 16.5. The van der Waals surface area contributed by atoms with E-state index in [0.717, 1.165) is 74.5 Å². The van der Waals surface area contributed by atoms with E-state index in [2.05, 4.69) is 21.9 Å². The Morgan fingerprint density at radius 1 is 0.941 bits per heavy atom. The van der Waals surface area contributed by atoms with Gasteiger partial charge in [-0.2, -0.15) is 0 Å². The summed E-state index contributed by atoms with van der Waals surface area (Å²) in [6.07, 6.45) is 2.77. The Balaban J connectivity index is 1.08. The zero-order chi connectivity index (χ0) is 23.3. The summed E-state index contributed by atoms with van der Waals surface area (Å²) in [6, 6.07) is 15.4. The van der Waals surface area contributed by atoms with Gasteiger partial charge in [-0.05, 0) is 37.6 Å². The average Bonchev–Trinajstić information content (AvgIpc) is 3.14. The second-order valence-corrected chi connectivity index (χ2v) is 8.83. The summed E-state index contributed by atoms with van der Waals surface area (Å²) in [5.41, 5.74) is 7.58. The highest BCUT2D eigenvalue weighted by Gasteiger charge is 2.20. The minimum absolute atomic E-state index is 0.484. The van der Waals surface area contributed by atoms with Gasteiger partial charge < -0.3 is 24.5 Å². The number of hydrogen-bond acceptors (Lipinski definition) is 6. The van der Waals surface area contributed by atoms with E-state index < -0.39 is 6.03 Å². The fourth-order valence-corrected chi connectivity index (χ4v) is 4.61. The molecule has 8 nitrogen and oxygen atoms in total. The summed E-state index contributed by atoms with van der Waals surface area (Å²) < 4.78 is 17.4. The second kappa shape index (κ2) is 10.3. The molecule has 2 N–H and O–H groups in total. The standard InChI is InChI=1S/C26H32N4O4/c27-26(31)30(25-18-20-6-1-2-7-22(20)34-25)11-4-3-10-28-12-14-29(15-13-28)21-8-9-23-24(19-21)33-17-5-16-32-23/h1-2,6-9,18-19H,3-5,10-17H2,(H2,27,31). The van der Waals surface area contributed by atoms with Gasteiger partial charge in [0.25, 0.3) is 0 Å². The van der Waals surface area contributed by atoms with E-state index in [1.165, 1.54) is 10.6 Å². The van der Waals surface area contributed by atoms with Crippen LogP contribution in [0.4, 0.5) is 16.4 Å². The van der Waals surface area contributed by atoms with Gasteiger partial charge in [-0.3, -0.25) is 9.80 Å². The zero-order valence-electron chi connectivity index (χ0n) is 19.4. The van der Waals surface area contributed by atoms with Crippen LogP contribution < -0.4 is 25.0 Å². The maximum atomic E-state index is 12.0. The van der Waals surface area contributed by atoms with Crippen molar-refractivity contribution < 1.29 is 18.7 Å². The number of nitrogens with two attached hydrogens (primary N) is 1. The molecule has 3 heterocycles. The Hall–Kier alpha value is -3.39. The predicted octanol–water partition coefficient (Wildman–Crippen LogP) is 4.08. The van der Waals surface area contributed by atoms with Gasteiger partial charge in [0.1, 0.15) is 5.58 Å².